The van der Waals surface area contributed by atoms with E-state index in [0.29, 0.717) is 13.1 Å². The molecule has 0 bridgehead atoms. The number of aliphatic hydroxyl groups excluding tert-OH is 1. The van der Waals surface area contributed by atoms with Crippen LogP contribution in [0.4, 0.5) is 10.5 Å². The van der Waals surface area contributed by atoms with Crippen molar-refractivity contribution in [2.24, 2.45) is 0 Å². The van der Waals surface area contributed by atoms with Crippen molar-refractivity contribution in [3.63, 3.8) is 0 Å². The molecular weight excluding hydrogens is 378 g/mol. The number of pyridine rings is 1. The van der Waals surface area contributed by atoms with E-state index in [0.717, 1.165) is 44.6 Å². The van der Waals surface area contributed by atoms with Crippen molar-refractivity contribution in [1.29, 1.82) is 0 Å². The Morgan fingerprint density at radius 1 is 1.17 bits per heavy atom. The van der Waals surface area contributed by atoms with Crippen molar-refractivity contribution in [3.8, 4) is 0 Å². The maximum Gasteiger partial charge on any atom is 0.317 e. The fraction of sp³-hybridized carbons (Fsp3) is 0.478. The third-order valence-electron chi connectivity index (χ3n) is 5.93. The molecule has 1 fully saturated rings. The summed E-state index contributed by atoms with van der Waals surface area (Å²) >= 11 is 0. The molecule has 1 saturated heterocycles. The van der Waals surface area contributed by atoms with E-state index in [-0.39, 0.29) is 18.6 Å². The second-order valence-corrected chi connectivity index (χ2v) is 8.26. The van der Waals surface area contributed by atoms with Crippen LogP contribution in [-0.4, -0.2) is 70.8 Å². The number of nitrogens with zero attached hydrogens (tertiary/aromatic N) is 3. The number of urea groups is 1. The number of aliphatic hydroxyl groups is 1. The van der Waals surface area contributed by atoms with Crippen LogP contribution >= 0.6 is 0 Å². The minimum atomic E-state index is -0.574. The average molecular weight is 410 g/mol. The predicted molar refractivity (Wildman–Crippen MR) is 117 cm³/mol. The molecule has 2 aliphatic heterocycles. The number of anilines is 1. The van der Waals surface area contributed by atoms with Crippen molar-refractivity contribution in [2.45, 2.75) is 38.0 Å². The number of nitrogens with one attached hydrogen (secondary N) is 2. The number of hydrogen-bond donors (Lipinski definition) is 3. The lowest BCUT2D eigenvalue weighted by Gasteiger charge is -2.34. The van der Waals surface area contributed by atoms with Gasteiger partial charge in [0, 0.05) is 63.4 Å². The summed E-state index contributed by atoms with van der Waals surface area (Å²) in [6, 6.07) is 12.5. The molecule has 7 heteroatoms. The zero-order valence-electron chi connectivity index (χ0n) is 17.3. The Hall–Kier alpha value is -2.64. The molecule has 2 aromatic rings. The first-order valence-electron chi connectivity index (χ1n) is 10.8. The van der Waals surface area contributed by atoms with E-state index in [2.05, 4.69) is 44.8 Å². The highest BCUT2D eigenvalue weighted by atomic mass is 16.3. The molecule has 2 aliphatic rings. The van der Waals surface area contributed by atoms with Crippen LogP contribution in [0, 0.1) is 0 Å². The van der Waals surface area contributed by atoms with E-state index in [1.165, 1.54) is 11.1 Å². The van der Waals surface area contributed by atoms with Gasteiger partial charge in [0.25, 0.3) is 0 Å². The van der Waals surface area contributed by atoms with Crippen LogP contribution in [0.2, 0.25) is 0 Å². The molecule has 2 unspecified atom stereocenters. The normalized spacial score (nSPS) is 20.3. The number of benzene rings is 1. The Bertz CT molecular complexity index is 831. The highest BCUT2D eigenvalue weighted by Crippen LogP contribution is 2.18. The second-order valence-electron chi connectivity index (χ2n) is 8.26. The first-order valence-corrected chi connectivity index (χ1v) is 10.8. The lowest BCUT2D eigenvalue weighted by atomic mass is 10.00. The molecule has 0 spiro atoms. The highest BCUT2D eigenvalue weighted by molar-refractivity contribution is 5.74. The number of likely N-dealkylation sites (tertiary alicyclic amines) is 1. The standard InChI is InChI=1S/C23H31N5O2/c29-22(17-27-13-9-18-4-1-2-5-19(18)15-27)14-25-23(30)28-12-3-6-21(16-28)26-20-7-10-24-11-8-20/h1-2,4-5,7-8,10-11,21-22,29H,3,6,9,12-17H2,(H,24,26)(H,25,30). The maximum atomic E-state index is 12.6. The molecule has 1 aromatic heterocycles. The van der Waals surface area contributed by atoms with Gasteiger partial charge in [0.15, 0.2) is 0 Å². The molecule has 0 aliphatic carbocycles. The van der Waals surface area contributed by atoms with Gasteiger partial charge >= 0.3 is 6.03 Å². The summed E-state index contributed by atoms with van der Waals surface area (Å²) in [5.41, 5.74) is 3.76. The molecule has 2 amide bonds. The molecule has 7 nitrogen and oxygen atoms in total. The smallest absolute Gasteiger partial charge is 0.317 e. The van der Waals surface area contributed by atoms with Crippen LogP contribution in [0.5, 0.6) is 0 Å². The summed E-state index contributed by atoms with van der Waals surface area (Å²) < 4.78 is 0. The van der Waals surface area contributed by atoms with Gasteiger partial charge in [0.05, 0.1) is 6.10 Å². The fourth-order valence-corrected chi connectivity index (χ4v) is 4.35. The van der Waals surface area contributed by atoms with Crippen molar-refractivity contribution >= 4 is 11.7 Å². The second kappa shape index (κ2) is 9.91. The number of fused-ring (bicyclic) bond motifs is 1. The first kappa shape index (κ1) is 20.6. The van der Waals surface area contributed by atoms with E-state index in [1.807, 2.05) is 17.0 Å². The number of amides is 2. The van der Waals surface area contributed by atoms with Crippen molar-refractivity contribution < 1.29 is 9.90 Å². The number of carbonyl (C=O) groups excluding carboxylic acids is 1. The van der Waals surface area contributed by atoms with Gasteiger partial charge in [0.2, 0.25) is 0 Å². The predicted octanol–water partition coefficient (Wildman–Crippen LogP) is 2.09. The quantitative estimate of drug-likeness (QED) is 0.681. The Labute approximate surface area is 178 Å². The molecule has 3 heterocycles. The van der Waals surface area contributed by atoms with E-state index < -0.39 is 6.10 Å². The van der Waals surface area contributed by atoms with Crippen LogP contribution in [0.3, 0.4) is 0 Å². The minimum absolute atomic E-state index is 0.0979. The summed E-state index contributed by atoms with van der Waals surface area (Å²) in [4.78, 5) is 20.7. The first-order chi connectivity index (χ1) is 14.7. The number of aromatic nitrogens is 1. The number of hydrogen-bond acceptors (Lipinski definition) is 5. The van der Waals surface area contributed by atoms with Gasteiger partial charge in [-0.05, 0) is 42.5 Å². The average Bonchev–Trinajstić information content (AvgIpc) is 2.78. The van der Waals surface area contributed by atoms with Crippen molar-refractivity contribution in [2.75, 3.05) is 38.0 Å². The largest absolute Gasteiger partial charge is 0.390 e. The van der Waals surface area contributed by atoms with Gasteiger partial charge in [-0.2, -0.15) is 0 Å². The summed E-state index contributed by atoms with van der Waals surface area (Å²) in [5.74, 6) is 0. The minimum Gasteiger partial charge on any atom is -0.390 e. The van der Waals surface area contributed by atoms with Crippen LogP contribution in [0.1, 0.15) is 24.0 Å². The lowest BCUT2D eigenvalue weighted by Crippen LogP contribution is -2.51. The molecule has 30 heavy (non-hydrogen) atoms. The van der Waals surface area contributed by atoms with Gasteiger partial charge in [0.1, 0.15) is 0 Å². The fourth-order valence-electron chi connectivity index (χ4n) is 4.35. The van der Waals surface area contributed by atoms with E-state index in [1.54, 1.807) is 12.4 Å². The number of piperidine rings is 1. The number of β-amino-alcohol motifs (C(OH)–C–C–N with tert-alkyl or cyclic N) is 1. The zero-order chi connectivity index (χ0) is 20.8. The van der Waals surface area contributed by atoms with Crippen molar-refractivity contribution in [1.82, 2.24) is 20.1 Å². The molecule has 0 saturated carbocycles. The van der Waals surface area contributed by atoms with Crippen LogP contribution in [0.15, 0.2) is 48.8 Å². The summed E-state index contributed by atoms with van der Waals surface area (Å²) in [6.07, 6.45) is 5.96. The number of carbonyl (C=O) groups is 1. The van der Waals surface area contributed by atoms with Gasteiger partial charge in [-0.3, -0.25) is 9.88 Å². The van der Waals surface area contributed by atoms with Crippen LogP contribution < -0.4 is 10.6 Å². The number of rotatable bonds is 6. The van der Waals surface area contributed by atoms with Gasteiger partial charge < -0.3 is 20.6 Å². The molecule has 160 valence electrons. The Morgan fingerprint density at radius 3 is 2.80 bits per heavy atom. The monoisotopic (exact) mass is 409 g/mol. The summed E-state index contributed by atoms with van der Waals surface area (Å²) in [6.45, 7) is 4.05. The third-order valence-corrected chi connectivity index (χ3v) is 5.93. The van der Waals surface area contributed by atoms with E-state index in [9.17, 15) is 9.90 Å². The Morgan fingerprint density at radius 2 is 1.97 bits per heavy atom. The van der Waals surface area contributed by atoms with Crippen LogP contribution in [0.25, 0.3) is 0 Å². The lowest BCUT2D eigenvalue weighted by molar-refractivity contribution is 0.103. The molecule has 1 aromatic carbocycles. The Kier molecular flexibility index (Phi) is 6.81. The van der Waals surface area contributed by atoms with E-state index >= 15 is 0 Å². The SMILES string of the molecule is O=C(NCC(O)CN1CCc2ccccc2C1)N1CCCC(Nc2ccncc2)C1. The molecule has 4 rings (SSSR count). The molecule has 0 radical (unpaired) electrons. The van der Waals surface area contributed by atoms with Crippen LogP contribution in [-0.2, 0) is 13.0 Å². The van der Waals surface area contributed by atoms with Gasteiger partial charge in [-0.1, -0.05) is 24.3 Å². The van der Waals surface area contributed by atoms with Gasteiger partial charge in [-0.15, -0.1) is 0 Å². The zero-order valence-corrected chi connectivity index (χ0v) is 17.3. The van der Waals surface area contributed by atoms with Gasteiger partial charge in [-0.25, -0.2) is 4.79 Å². The highest BCUT2D eigenvalue weighted by Gasteiger charge is 2.24. The molecule has 2 atom stereocenters. The van der Waals surface area contributed by atoms with E-state index in [4.69, 9.17) is 0 Å². The maximum absolute atomic E-state index is 12.6. The molecule has 3 N–H and O–H groups in total. The summed E-state index contributed by atoms with van der Waals surface area (Å²) in [7, 11) is 0. The molecular formula is C23H31N5O2. The Balaban J connectivity index is 1.20. The third kappa shape index (κ3) is 5.49. The summed E-state index contributed by atoms with van der Waals surface area (Å²) in [5, 5.41) is 16.8. The topological polar surface area (TPSA) is 80.7 Å². The van der Waals surface area contributed by atoms with Crippen molar-refractivity contribution in [3.05, 3.63) is 59.9 Å².